The summed E-state index contributed by atoms with van der Waals surface area (Å²) in [7, 11) is 1.92. The molecule has 0 radical (unpaired) electrons. The average molecular weight is 317 g/mol. The van der Waals surface area contributed by atoms with E-state index in [1.165, 1.54) is 0 Å². The van der Waals surface area contributed by atoms with Crippen molar-refractivity contribution in [3.8, 4) is 5.75 Å². The van der Waals surface area contributed by atoms with Crippen LogP contribution in [0.1, 0.15) is 18.4 Å². The van der Waals surface area contributed by atoms with Crippen LogP contribution in [0, 0.1) is 0 Å². The van der Waals surface area contributed by atoms with Crippen LogP contribution in [0.15, 0.2) is 24.4 Å². The number of hydrogen-bond acceptors (Lipinski definition) is 5. The van der Waals surface area contributed by atoms with E-state index in [4.69, 9.17) is 9.47 Å². The molecule has 6 heteroatoms. The molecule has 1 fully saturated rings. The molecule has 3 rings (SSSR count). The van der Waals surface area contributed by atoms with E-state index >= 15 is 0 Å². The fourth-order valence-electron chi connectivity index (χ4n) is 2.92. The van der Waals surface area contributed by atoms with Gasteiger partial charge in [0.05, 0.1) is 0 Å². The molecule has 0 amide bonds. The van der Waals surface area contributed by atoms with E-state index in [9.17, 15) is 4.79 Å². The summed E-state index contributed by atoms with van der Waals surface area (Å²) in [6, 6.07) is 5.65. The van der Waals surface area contributed by atoms with Gasteiger partial charge in [0, 0.05) is 17.1 Å². The highest BCUT2D eigenvalue weighted by atomic mass is 16.7. The number of fused-ring (bicyclic) bond motifs is 1. The predicted molar refractivity (Wildman–Crippen MR) is 88.9 cm³/mol. The second-order valence-electron chi connectivity index (χ2n) is 5.77. The zero-order valence-corrected chi connectivity index (χ0v) is 13.4. The van der Waals surface area contributed by atoms with Crippen LogP contribution in [0.3, 0.4) is 0 Å². The number of ether oxygens (including phenoxy) is 2. The van der Waals surface area contributed by atoms with Crippen LogP contribution in [0.5, 0.6) is 5.75 Å². The van der Waals surface area contributed by atoms with Gasteiger partial charge >= 0.3 is 6.16 Å². The Morgan fingerprint density at radius 2 is 2.17 bits per heavy atom. The lowest BCUT2D eigenvalue weighted by Gasteiger charge is -2.22. The summed E-state index contributed by atoms with van der Waals surface area (Å²) in [6.07, 6.45) is 3.81. The van der Waals surface area contributed by atoms with Crippen molar-refractivity contribution >= 4 is 17.1 Å². The third kappa shape index (κ3) is 3.83. The van der Waals surface area contributed by atoms with Crippen molar-refractivity contribution in [3.63, 3.8) is 0 Å². The van der Waals surface area contributed by atoms with E-state index in [-0.39, 0.29) is 6.10 Å². The molecule has 3 N–H and O–H groups in total. The maximum Gasteiger partial charge on any atom is 0.514 e. The first-order valence-electron chi connectivity index (χ1n) is 8.10. The first-order valence-corrected chi connectivity index (χ1v) is 8.10. The molecule has 1 aliphatic heterocycles. The largest absolute Gasteiger partial charge is 0.514 e. The molecule has 0 atom stereocenters. The van der Waals surface area contributed by atoms with Gasteiger partial charge in [-0.15, -0.1) is 0 Å². The number of rotatable bonds is 5. The van der Waals surface area contributed by atoms with Gasteiger partial charge in [0.1, 0.15) is 11.9 Å². The van der Waals surface area contributed by atoms with E-state index in [1.54, 1.807) is 0 Å². The monoisotopic (exact) mass is 317 g/mol. The molecule has 2 heterocycles. The minimum Gasteiger partial charge on any atom is -0.431 e. The molecule has 1 saturated heterocycles. The van der Waals surface area contributed by atoms with E-state index in [1.807, 2.05) is 31.4 Å². The zero-order valence-electron chi connectivity index (χ0n) is 13.4. The third-order valence-electron chi connectivity index (χ3n) is 4.14. The molecule has 0 unspecified atom stereocenters. The lowest BCUT2D eigenvalue weighted by Crippen LogP contribution is -2.34. The van der Waals surface area contributed by atoms with Crippen molar-refractivity contribution in [2.24, 2.45) is 0 Å². The first kappa shape index (κ1) is 15.8. The molecule has 0 aliphatic carbocycles. The molecule has 0 spiro atoms. The summed E-state index contributed by atoms with van der Waals surface area (Å²) in [6.45, 7) is 2.61. The summed E-state index contributed by atoms with van der Waals surface area (Å²) in [5, 5.41) is 7.33. The lowest BCUT2D eigenvalue weighted by molar-refractivity contribution is 0.0452. The summed E-state index contributed by atoms with van der Waals surface area (Å²) in [5.74, 6) is 0.550. The summed E-state index contributed by atoms with van der Waals surface area (Å²) < 4.78 is 10.9. The quantitative estimate of drug-likeness (QED) is 0.582. The number of H-pyrrole nitrogens is 1. The second kappa shape index (κ2) is 7.48. The van der Waals surface area contributed by atoms with Crippen LogP contribution in [-0.2, 0) is 11.2 Å². The number of carbonyl (C=O) groups is 1. The van der Waals surface area contributed by atoms with Crippen LogP contribution in [0.2, 0.25) is 0 Å². The highest BCUT2D eigenvalue weighted by Gasteiger charge is 2.20. The highest BCUT2D eigenvalue weighted by Crippen LogP contribution is 2.29. The topological polar surface area (TPSA) is 75.4 Å². The Hall–Kier alpha value is -2.05. The van der Waals surface area contributed by atoms with Gasteiger partial charge in [0.15, 0.2) is 0 Å². The van der Waals surface area contributed by atoms with Crippen molar-refractivity contribution in [2.75, 3.05) is 26.7 Å². The average Bonchev–Trinajstić information content (AvgIpc) is 2.98. The molecule has 23 heavy (non-hydrogen) atoms. The van der Waals surface area contributed by atoms with Gasteiger partial charge in [-0.2, -0.15) is 0 Å². The summed E-state index contributed by atoms with van der Waals surface area (Å²) in [4.78, 5) is 15.3. The Morgan fingerprint density at radius 3 is 2.96 bits per heavy atom. The lowest BCUT2D eigenvalue weighted by atomic mass is 10.1. The van der Waals surface area contributed by atoms with E-state index < -0.39 is 6.16 Å². The van der Waals surface area contributed by atoms with Gasteiger partial charge in [-0.3, -0.25) is 0 Å². The Bertz CT molecular complexity index is 662. The van der Waals surface area contributed by atoms with E-state index in [0.717, 1.165) is 55.4 Å². The smallest absolute Gasteiger partial charge is 0.431 e. The number of nitrogens with one attached hydrogen (secondary N) is 3. The molecule has 1 aromatic heterocycles. The maximum absolute atomic E-state index is 12.1. The predicted octanol–water partition coefficient (Wildman–Crippen LogP) is 2.20. The van der Waals surface area contributed by atoms with Gasteiger partial charge in [0.25, 0.3) is 0 Å². The highest BCUT2D eigenvalue weighted by molar-refractivity contribution is 5.90. The minimum atomic E-state index is -0.620. The molecule has 0 saturated carbocycles. The van der Waals surface area contributed by atoms with Crippen LogP contribution in [0.4, 0.5) is 4.79 Å². The minimum absolute atomic E-state index is 0.0575. The van der Waals surface area contributed by atoms with Crippen LogP contribution in [0.25, 0.3) is 10.9 Å². The Labute approximate surface area is 135 Å². The Morgan fingerprint density at radius 1 is 1.35 bits per heavy atom. The molecule has 6 nitrogen and oxygen atoms in total. The molecule has 124 valence electrons. The molecule has 2 aromatic rings. The Kier molecular flexibility index (Phi) is 5.15. The molecule has 0 bridgehead atoms. The Balaban J connectivity index is 1.73. The van der Waals surface area contributed by atoms with Gasteiger partial charge in [-0.1, -0.05) is 6.07 Å². The molecular formula is C17H23N3O3. The number of likely N-dealkylation sites (N-methyl/N-ethyl adjacent to an activating group) is 1. The number of aromatic nitrogens is 1. The van der Waals surface area contributed by atoms with Crippen molar-refractivity contribution in [2.45, 2.75) is 25.4 Å². The summed E-state index contributed by atoms with van der Waals surface area (Å²) >= 11 is 0. The van der Waals surface area contributed by atoms with Crippen molar-refractivity contribution in [3.05, 3.63) is 30.0 Å². The number of benzene rings is 1. The normalized spacial score (nSPS) is 15.7. The van der Waals surface area contributed by atoms with Crippen molar-refractivity contribution < 1.29 is 14.3 Å². The van der Waals surface area contributed by atoms with Gasteiger partial charge in [-0.25, -0.2) is 4.79 Å². The van der Waals surface area contributed by atoms with Crippen molar-refractivity contribution in [1.29, 1.82) is 0 Å². The molecule has 1 aromatic carbocycles. The van der Waals surface area contributed by atoms with Crippen LogP contribution < -0.4 is 15.4 Å². The van der Waals surface area contributed by atoms with Gasteiger partial charge < -0.3 is 25.1 Å². The fraction of sp³-hybridized carbons (Fsp3) is 0.471. The SMILES string of the molecule is CNCCc1c[nH]c2cccc(OC(=O)OC3CCNCC3)c12. The standard InChI is InChI=1S/C17H23N3O3/c1-18-8-5-12-11-20-14-3-2-4-15(16(12)14)23-17(21)22-13-6-9-19-10-7-13/h2-4,11,13,18-20H,5-10H2,1H3. The molecule has 1 aliphatic rings. The second-order valence-corrected chi connectivity index (χ2v) is 5.77. The van der Waals surface area contributed by atoms with Crippen LogP contribution in [-0.4, -0.2) is 43.9 Å². The van der Waals surface area contributed by atoms with Crippen molar-refractivity contribution in [1.82, 2.24) is 15.6 Å². The third-order valence-corrected chi connectivity index (χ3v) is 4.14. The number of aromatic amines is 1. The fourth-order valence-corrected chi connectivity index (χ4v) is 2.92. The number of piperidine rings is 1. The number of hydrogen-bond donors (Lipinski definition) is 3. The van der Waals surface area contributed by atoms with E-state index in [0.29, 0.717) is 5.75 Å². The van der Waals surface area contributed by atoms with Gasteiger partial charge in [-0.05, 0) is 63.6 Å². The van der Waals surface area contributed by atoms with Crippen LogP contribution >= 0.6 is 0 Å². The van der Waals surface area contributed by atoms with Gasteiger partial charge in [0.2, 0.25) is 0 Å². The zero-order chi connectivity index (χ0) is 16.1. The first-order chi connectivity index (χ1) is 11.3. The van der Waals surface area contributed by atoms with E-state index in [2.05, 4.69) is 15.6 Å². The number of carbonyl (C=O) groups excluding carboxylic acids is 1. The molecular weight excluding hydrogens is 294 g/mol. The maximum atomic E-state index is 12.1. The summed E-state index contributed by atoms with van der Waals surface area (Å²) in [5.41, 5.74) is 2.09.